The minimum absolute atomic E-state index is 0.171. The number of benzene rings is 1. The standard InChI is InChI=1S/C14H21ClFN/c1-2-4-12(7-8-15)10-17-11-13-5-3-6-14(16)9-13/h3,5-6,9,12,17H,2,4,7-8,10-11H2,1H3. The van der Waals surface area contributed by atoms with Gasteiger partial charge in [-0.05, 0) is 43.0 Å². The fraction of sp³-hybridized carbons (Fsp3) is 0.571. The Morgan fingerprint density at radius 3 is 2.82 bits per heavy atom. The molecule has 1 aromatic carbocycles. The van der Waals surface area contributed by atoms with Crippen LogP contribution in [-0.4, -0.2) is 12.4 Å². The predicted molar refractivity (Wildman–Crippen MR) is 71.8 cm³/mol. The second-order valence-electron chi connectivity index (χ2n) is 4.39. The minimum Gasteiger partial charge on any atom is -0.312 e. The highest BCUT2D eigenvalue weighted by molar-refractivity contribution is 6.17. The molecule has 17 heavy (non-hydrogen) atoms. The summed E-state index contributed by atoms with van der Waals surface area (Å²) in [5.74, 6) is 1.17. The van der Waals surface area contributed by atoms with Crippen LogP contribution in [0.4, 0.5) is 4.39 Å². The number of halogens is 2. The zero-order valence-electron chi connectivity index (χ0n) is 10.4. The molecular weight excluding hydrogens is 237 g/mol. The van der Waals surface area contributed by atoms with Crippen molar-refractivity contribution in [2.24, 2.45) is 5.92 Å². The highest BCUT2D eigenvalue weighted by Crippen LogP contribution is 2.11. The van der Waals surface area contributed by atoms with Crippen LogP contribution in [0.25, 0.3) is 0 Å². The van der Waals surface area contributed by atoms with Gasteiger partial charge in [-0.2, -0.15) is 0 Å². The number of nitrogens with one attached hydrogen (secondary N) is 1. The maximum atomic E-state index is 12.9. The lowest BCUT2D eigenvalue weighted by Crippen LogP contribution is -2.23. The van der Waals surface area contributed by atoms with Gasteiger partial charge in [0, 0.05) is 12.4 Å². The van der Waals surface area contributed by atoms with Gasteiger partial charge in [-0.15, -0.1) is 11.6 Å². The Bertz CT molecular complexity index is 311. The van der Waals surface area contributed by atoms with Crippen LogP contribution in [0, 0.1) is 11.7 Å². The van der Waals surface area contributed by atoms with E-state index in [1.54, 1.807) is 12.1 Å². The lowest BCUT2D eigenvalue weighted by Gasteiger charge is -2.15. The average Bonchev–Trinajstić information content (AvgIpc) is 2.30. The van der Waals surface area contributed by atoms with Gasteiger partial charge in [0.25, 0.3) is 0 Å². The van der Waals surface area contributed by atoms with E-state index in [0.29, 0.717) is 11.8 Å². The zero-order chi connectivity index (χ0) is 12.5. The van der Waals surface area contributed by atoms with Gasteiger partial charge in [-0.3, -0.25) is 0 Å². The molecule has 3 heteroatoms. The first kappa shape index (κ1) is 14.5. The van der Waals surface area contributed by atoms with E-state index in [4.69, 9.17) is 11.6 Å². The molecule has 0 fully saturated rings. The van der Waals surface area contributed by atoms with Crippen molar-refractivity contribution in [3.8, 4) is 0 Å². The van der Waals surface area contributed by atoms with Gasteiger partial charge in [-0.1, -0.05) is 25.5 Å². The lowest BCUT2D eigenvalue weighted by molar-refractivity contribution is 0.430. The Labute approximate surface area is 108 Å². The van der Waals surface area contributed by atoms with Gasteiger partial charge in [-0.25, -0.2) is 4.39 Å². The molecule has 1 rings (SSSR count). The van der Waals surface area contributed by atoms with E-state index in [9.17, 15) is 4.39 Å². The lowest BCUT2D eigenvalue weighted by atomic mass is 10.0. The molecule has 0 saturated carbocycles. The number of rotatable bonds is 8. The quantitative estimate of drug-likeness (QED) is 0.695. The molecule has 1 atom stereocenters. The first-order chi connectivity index (χ1) is 8.26. The summed E-state index contributed by atoms with van der Waals surface area (Å²) in [4.78, 5) is 0. The average molecular weight is 258 g/mol. The molecule has 0 spiro atoms. The molecule has 0 aliphatic heterocycles. The van der Waals surface area contributed by atoms with Gasteiger partial charge in [0.05, 0.1) is 0 Å². The Balaban J connectivity index is 2.30. The van der Waals surface area contributed by atoms with Crippen molar-refractivity contribution in [3.63, 3.8) is 0 Å². The Morgan fingerprint density at radius 1 is 1.35 bits per heavy atom. The van der Waals surface area contributed by atoms with Crippen molar-refractivity contribution in [2.75, 3.05) is 12.4 Å². The summed E-state index contributed by atoms with van der Waals surface area (Å²) in [5.41, 5.74) is 0.992. The van der Waals surface area contributed by atoms with Crippen molar-refractivity contribution in [2.45, 2.75) is 32.7 Å². The smallest absolute Gasteiger partial charge is 0.123 e. The van der Waals surface area contributed by atoms with Gasteiger partial charge < -0.3 is 5.32 Å². The van der Waals surface area contributed by atoms with Crippen molar-refractivity contribution in [3.05, 3.63) is 35.6 Å². The van der Waals surface area contributed by atoms with E-state index in [-0.39, 0.29) is 5.82 Å². The predicted octanol–water partition coefficient (Wildman–Crippen LogP) is 3.96. The molecule has 0 aliphatic rings. The fourth-order valence-corrected chi connectivity index (χ4v) is 2.29. The second-order valence-corrected chi connectivity index (χ2v) is 4.77. The van der Waals surface area contributed by atoms with E-state index in [0.717, 1.165) is 25.1 Å². The zero-order valence-corrected chi connectivity index (χ0v) is 11.1. The minimum atomic E-state index is -0.171. The largest absolute Gasteiger partial charge is 0.312 e. The van der Waals surface area contributed by atoms with Gasteiger partial charge >= 0.3 is 0 Å². The molecule has 1 unspecified atom stereocenters. The van der Waals surface area contributed by atoms with Crippen LogP contribution in [0.5, 0.6) is 0 Å². The first-order valence-corrected chi connectivity index (χ1v) is 6.80. The van der Waals surface area contributed by atoms with Crippen LogP contribution in [0.15, 0.2) is 24.3 Å². The molecule has 0 aliphatic carbocycles. The Morgan fingerprint density at radius 2 is 2.18 bits per heavy atom. The van der Waals surface area contributed by atoms with Crippen LogP contribution in [0.3, 0.4) is 0 Å². The highest BCUT2D eigenvalue weighted by Gasteiger charge is 2.06. The second kappa shape index (κ2) is 8.48. The van der Waals surface area contributed by atoms with E-state index in [1.807, 2.05) is 6.07 Å². The summed E-state index contributed by atoms with van der Waals surface area (Å²) >= 11 is 5.77. The van der Waals surface area contributed by atoms with Crippen molar-refractivity contribution in [1.82, 2.24) is 5.32 Å². The molecule has 0 bridgehead atoms. The first-order valence-electron chi connectivity index (χ1n) is 6.27. The third-order valence-electron chi connectivity index (χ3n) is 2.87. The Kier molecular flexibility index (Phi) is 7.22. The Hall–Kier alpha value is -0.600. The van der Waals surface area contributed by atoms with E-state index >= 15 is 0 Å². The van der Waals surface area contributed by atoms with E-state index in [2.05, 4.69) is 12.2 Å². The third-order valence-corrected chi connectivity index (χ3v) is 3.08. The van der Waals surface area contributed by atoms with E-state index in [1.165, 1.54) is 18.9 Å². The summed E-state index contributed by atoms with van der Waals surface area (Å²) < 4.78 is 12.9. The number of hydrogen-bond donors (Lipinski definition) is 1. The molecule has 0 radical (unpaired) electrons. The van der Waals surface area contributed by atoms with Crippen molar-refractivity contribution >= 4 is 11.6 Å². The fourth-order valence-electron chi connectivity index (χ4n) is 1.98. The SMILES string of the molecule is CCCC(CCCl)CNCc1cccc(F)c1. The summed E-state index contributed by atoms with van der Waals surface area (Å²) in [5, 5.41) is 3.37. The molecule has 0 heterocycles. The molecule has 0 saturated heterocycles. The molecule has 96 valence electrons. The summed E-state index contributed by atoms with van der Waals surface area (Å²) in [7, 11) is 0. The van der Waals surface area contributed by atoms with Crippen molar-refractivity contribution in [1.29, 1.82) is 0 Å². The van der Waals surface area contributed by atoms with Crippen LogP contribution in [0.2, 0.25) is 0 Å². The monoisotopic (exact) mass is 257 g/mol. The highest BCUT2D eigenvalue weighted by atomic mass is 35.5. The summed E-state index contributed by atoms with van der Waals surface area (Å²) in [6, 6.07) is 6.72. The maximum Gasteiger partial charge on any atom is 0.123 e. The van der Waals surface area contributed by atoms with Gasteiger partial charge in [0.1, 0.15) is 5.82 Å². The molecule has 1 nitrogen and oxygen atoms in total. The molecule has 0 amide bonds. The number of hydrogen-bond acceptors (Lipinski definition) is 1. The maximum absolute atomic E-state index is 12.9. The van der Waals surface area contributed by atoms with Gasteiger partial charge in [0.2, 0.25) is 0 Å². The molecule has 1 N–H and O–H groups in total. The molecule has 1 aromatic rings. The van der Waals surface area contributed by atoms with Crippen LogP contribution in [-0.2, 0) is 6.54 Å². The topological polar surface area (TPSA) is 12.0 Å². The summed E-state index contributed by atoms with van der Waals surface area (Å²) in [6.07, 6.45) is 3.43. The normalized spacial score (nSPS) is 12.6. The van der Waals surface area contributed by atoms with E-state index < -0.39 is 0 Å². The van der Waals surface area contributed by atoms with Crippen LogP contribution >= 0.6 is 11.6 Å². The van der Waals surface area contributed by atoms with Crippen LogP contribution in [0.1, 0.15) is 31.7 Å². The third kappa shape index (κ3) is 6.04. The molecular formula is C14H21ClFN. The van der Waals surface area contributed by atoms with Crippen LogP contribution < -0.4 is 5.32 Å². The van der Waals surface area contributed by atoms with Crippen molar-refractivity contribution < 1.29 is 4.39 Å². The summed E-state index contributed by atoms with van der Waals surface area (Å²) in [6.45, 7) is 3.87. The molecule has 0 aromatic heterocycles. The van der Waals surface area contributed by atoms with Gasteiger partial charge in [0.15, 0.2) is 0 Å². The number of alkyl halides is 1.